The van der Waals surface area contributed by atoms with Crippen LogP contribution in [0.3, 0.4) is 0 Å². The van der Waals surface area contributed by atoms with Gasteiger partial charge in [-0.3, -0.25) is 0 Å². The number of thiophene rings is 1. The van der Waals surface area contributed by atoms with Gasteiger partial charge in [0.15, 0.2) is 0 Å². The average molecular weight is 745 g/mol. The molecule has 11 rings (SSSR count). The Morgan fingerprint density at radius 3 is 1.84 bits per heavy atom. The molecule has 1 aliphatic carbocycles. The van der Waals surface area contributed by atoms with Crippen molar-refractivity contribution in [2.75, 3.05) is 0 Å². The highest BCUT2D eigenvalue weighted by Crippen LogP contribution is 2.58. The standard InChI is InChI=1S/C56H40S/c1-5-17-39-34(6-2)30-31-45-48-33-47(52-46-27-13-14-29-49(46)56(3,4)53(52)55(48)57-54(39)45)36-20-15-21-37(32-36)50-41-23-9-11-25-43(41)51(44-26-12-10-24-42(44)50)40-28-16-19-35-18-7-8-22-38(35)40/h5-33H,2H2,1,3-4H3/b17-5-. The molecule has 0 radical (unpaired) electrons. The predicted octanol–water partition coefficient (Wildman–Crippen LogP) is 16.5. The van der Waals surface area contributed by atoms with Crippen molar-refractivity contribution in [2.24, 2.45) is 0 Å². The molecule has 9 aromatic carbocycles. The molecule has 0 spiro atoms. The summed E-state index contributed by atoms with van der Waals surface area (Å²) >= 11 is 1.94. The minimum absolute atomic E-state index is 0.162. The van der Waals surface area contributed by atoms with Gasteiger partial charge in [-0.05, 0) is 118 Å². The van der Waals surface area contributed by atoms with E-state index in [-0.39, 0.29) is 5.41 Å². The summed E-state index contributed by atoms with van der Waals surface area (Å²) < 4.78 is 2.71. The van der Waals surface area contributed by atoms with E-state index in [1.54, 1.807) is 0 Å². The maximum atomic E-state index is 4.17. The minimum Gasteiger partial charge on any atom is -0.134 e. The van der Waals surface area contributed by atoms with Crippen LogP contribution in [-0.4, -0.2) is 0 Å². The first-order valence-corrected chi connectivity index (χ1v) is 20.7. The van der Waals surface area contributed by atoms with Crippen LogP contribution in [0.25, 0.3) is 109 Å². The maximum Gasteiger partial charge on any atom is 0.0433 e. The van der Waals surface area contributed by atoms with Crippen LogP contribution in [0.2, 0.25) is 0 Å². The van der Waals surface area contributed by atoms with Crippen LogP contribution in [0.1, 0.15) is 43.0 Å². The zero-order chi connectivity index (χ0) is 38.4. The number of allylic oxidation sites excluding steroid dienone is 1. The number of hydrogen-bond acceptors (Lipinski definition) is 1. The van der Waals surface area contributed by atoms with E-state index in [4.69, 9.17) is 0 Å². The van der Waals surface area contributed by atoms with Gasteiger partial charge in [0.05, 0.1) is 0 Å². The molecule has 1 aliphatic rings. The van der Waals surface area contributed by atoms with Gasteiger partial charge in [0.1, 0.15) is 0 Å². The molecule has 0 atom stereocenters. The molecule has 0 amide bonds. The SMILES string of the molecule is C=Cc1ccc2c(sc3c4c(c(-c5cccc(-c6c7ccccc7c(-c7cccc8ccccc78)c7ccccc67)c5)cc32)-c2ccccc2C4(C)C)c1/C=C\C. The molecule has 0 aliphatic heterocycles. The first-order valence-electron chi connectivity index (χ1n) is 19.9. The molecule has 0 nitrogen and oxygen atoms in total. The Morgan fingerprint density at radius 2 is 1.11 bits per heavy atom. The second kappa shape index (κ2) is 12.7. The zero-order valence-corrected chi connectivity index (χ0v) is 33.2. The van der Waals surface area contributed by atoms with Crippen molar-refractivity contribution < 1.29 is 0 Å². The largest absolute Gasteiger partial charge is 0.134 e. The van der Waals surface area contributed by atoms with Crippen LogP contribution in [0.5, 0.6) is 0 Å². The number of benzene rings is 9. The maximum absolute atomic E-state index is 4.17. The van der Waals surface area contributed by atoms with E-state index in [9.17, 15) is 0 Å². The fourth-order valence-corrected chi connectivity index (χ4v) is 11.6. The van der Waals surface area contributed by atoms with E-state index >= 15 is 0 Å². The number of hydrogen-bond donors (Lipinski definition) is 0. The number of rotatable bonds is 5. The molecule has 0 fully saturated rings. The van der Waals surface area contributed by atoms with E-state index in [0.717, 1.165) is 0 Å². The van der Waals surface area contributed by atoms with Gasteiger partial charge in [-0.1, -0.05) is 184 Å². The molecule has 1 heteroatoms. The van der Waals surface area contributed by atoms with Crippen molar-refractivity contribution >= 4 is 76.0 Å². The Morgan fingerprint density at radius 1 is 0.491 bits per heavy atom. The van der Waals surface area contributed by atoms with Crippen molar-refractivity contribution in [3.63, 3.8) is 0 Å². The quantitative estimate of drug-likeness (QED) is 0.154. The van der Waals surface area contributed by atoms with Crippen molar-refractivity contribution in [2.45, 2.75) is 26.2 Å². The third kappa shape index (κ3) is 4.86. The second-order valence-electron chi connectivity index (χ2n) is 15.9. The third-order valence-corrected chi connectivity index (χ3v) is 13.8. The van der Waals surface area contributed by atoms with Crippen LogP contribution >= 0.6 is 11.3 Å². The fourth-order valence-electron chi connectivity index (χ4n) is 10.0. The van der Waals surface area contributed by atoms with Gasteiger partial charge in [0, 0.05) is 25.6 Å². The van der Waals surface area contributed by atoms with E-state index < -0.39 is 0 Å². The Labute approximate surface area is 337 Å². The Balaban J connectivity index is 1.22. The van der Waals surface area contributed by atoms with Crippen molar-refractivity contribution in [3.8, 4) is 44.5 Å². The Bertz CT molecular complexity index is 3290. The highest BCUT2D eigenvalue weighted by Gasteiger charge is 2.39. The summed E-state index contributed by atoms with van der Waals surface area (Å²) in [6.07, 6.45) is 6.39. The smallest absolute Gasteiger partial charge is 0.0433 e. The summed E-state index contributed by atoms with van der Waals surface area (Å²) in [7, 11) is 0. The second-order valence-corrected chi connectivity index (χ2v) is 16.9. The summed E-state index contributed by atoms with van der Waals surface area (Å²) in [5, 5.41) is 10.2. The third-order valence-electron chi connectivity index (χ3n) is 12.5. The van der Waals surface area contributed by atoms with Crippen molar-refractivity contribution in [3.05, 3.63) is 193 Å². The highest BCUT2D eigenvalue weighted by molar-refractivity contribution is 7.26. The van der Waals surface area contributed by atoms with Crippen LogP contribution in [0, 0.1) is 0 Å². The van der Waals surface area contributed by atoms with Crippen LogP contribution in [0.4, 0.5) is 0 Å². The lowest BCUT2D eigenvalue weighted by molar-refractivity contribution is 0.667. The lowest BCUT2D eigenvalue weighted by Crippen LogP contribution is -2.15. The molecular weight excluding hydrogens is 705 g/mol. The first-order chi connectivity index (χ1) is 28.0. The molecule has 0 unspecified atom stereocenters. The molecule has 0 saturated carbocycles. The van der Waals surface area contributed by atoms with E-state index in [0.29, 0.717) is 0 Å². The Hall–Kier alpha value is -6.54. The van der Waals surface area contributed by atoms with Crippen LogP contribution in [0.15, 0.2) is 170 Å². The molecule has 57 heavy (non-hydrogen) atoms. The molecule has 10 aromatic rings. The minimum atomic E-state index is -0.162. The summed E-state index contributed by atoms with van der Waals surface area (Å²) in [5.74, 6) is 0. The van der Waals surface area contributed by atoms with Gasteiger partial charge in [0.2, 0.25) is 0 Å². The van der Waals surface area contributed by atoms with Crippen LogP contribution in [-0.2, 0) is 5.41 Å². The van der Waals surface area contributed by atoms with Crippen molar-refractivity contribution in [1.82, 2.24) is 0 Å². The van der Waals surface area contributed by atoms with Gasteiger partial charge in [-0.15, -0.1) is 11.3 Å². The first kappa shape index (κ1) is 33.8. The molecule has 1 aromatic heterocycles. The Kier molecular flexibility index (Phi) is 7.55. The highest BCUT2D eigenvalue weighted by atomic mass is 32.1. The topological polar surface area (TPSA) is 0 Å². The summed E-state index contributed by atoms with van der Waals surface area (Å²) in [4.78, 5) is 0. The van der Waals surface area contributed by atoms with Crippen LogP contribution < -0.4 is 0 Å². The number of fused-ring (bicyclic) bond motifs is 10. The normalized spacial score (nSPS) is 13.3. The van der Waals surface area contributed by atoms with E-state index in [1.807, 2.05) is 17.4 Å². The molecule has 0 N–H and O–H groups in total. The fraction of sp³-hybridized carbons (Fsp3) is 0.0714. The summed E-state index contributed by atoms with van der Waals surface area (Å²) in [6, 6.07) is 59.0. The molecule has 270 valence electrons. The molecule has 0 bridgehead atoms. The molecular formula is C56H40S. The van der Waals surface area contributed by atoms with Gasteiger partial charge in [0.25, 0.3) is 0 Å². The zero-order valence-electron chi connectivity index (χ0n) is 32.4. The van der Waals surface area contributed by atoms with E-state index in [2.05, 4.69) is 197 Å². The summed E-state index contributed by atoms with van der Waals surface area (Å²) in [5.41, 5.74) is 15.4. The van der Waals surface area contributed by atoms with Gasteiger partial charge in [-0.2, -0.15) is 0 Å². The molecule has 1 heterocycles. The lowest BCUT2D eigenvalue weighted by Gasteiger charge is -2.23. The van der Waals surface area contributed by atoms with Gasteiger partial charge >= 0.3 is 0 Å². The summed E-state index contributed by atoms with van der Waals surface area (Å²) in [6.45, 7) is 11.1. The van der Waals surface area contributed by atoms with E-state index in [1.165, 1.54) is 119 Å². The average Bonchev–Trinajstić information content (AvgIpc) is 3.74. The monoisotopic (exact) mass is 744 g/mol. The lowest BCUT2D eigenvalue weighted by atomic mass is 9.81. The van der Waals surface area contributed by atoms with Crippen molar-refractivity contribution in [1.29, 1.82) is 0 Å². The van der Waals surface area contributed by atoms with Gasteiger partial charge in [-0.25, -0.2) is 0 Å². The molecule has 0 saturated heterocycles. The predicted molar refractivity (Wildman–Crippen MR) is 251 cm³/mol. The van der Waals surface area contributed by atoms with Gasteiger partial charge < -0.3 is 0 Å².